The van der Waals surface area contributed by atoms with Crippen LogP contribution in [0.5, 0.6) is 0 Å². The number of allylic oxidation sites excluding steroid dienone is 1. The second kappa shape index (κ2) is 8.92. The van der Waals surface area contributed by atoms with Crippen molar-refractivity contribution < 1.29 is 5.11 Å². The van der Waals surface area contributed by atoms with Gasteiger partial charge in [-0.1, -0.05) is 62.9 Å². The van der Waals surface area contributed by atoms with Gasteiger partial charge < -0.3 is 5.11 Å². The van der Waals surface area contributed by atoms with E-state index in [1.807, 2.05) is 19.9 Å². The smallest absolute Gasteiger partial charge is 0.0998 e. The SMILES string of the molecule is C/C=C(\C)C(O)c1ccc(CCCCCCC)cc1. The van der Waals surface area contributed by atoms with Gasteiger partial charge in [-0.05, 0) is 43.4 Å². The number of aliphatic hydroxyl groups excluding tert-OH is 1. The minimum absolute atomic E-state index is 0.455. The molecule has 1 aromatic rings. The van der Waals surface area contributed by atoms with Gasteiger partial charge in [0.1, 0.15) is 0 Å². The first-order valence-corrected chi connectivity index (χ1v) is 7.58. The Balaban J connectivity index is 2.43. The van der Waals surface area contributed by atoms with Crippen molar-refractivity contribution in [2.45, 2.75) is 65.4 Å². The van der Waals surface area contributed by atoms with Gasteiger partial charge >= 0.3 is 0 Å². The molecule has 0 fully saturated rings. The molecule has 1 unspecified atom stereocenters. The number of aliphatic hydroxyl groups is 1. The molecule has 0 radical (unpaired) electrons. The van der Waals surface area contributed by atoms with E-state index in [9.17, 15) is 5.11 Å². The molecule has 19 heavy (non-hydrogen) atoms. The fourth-order valence-corrected chi connectivity index (χ4v) is 2.22. The Morgan fingerprint density at radius 1 is 1.11 bits per heavy atom. The highest BCUT2D eigenvalue weighted by atomic mass is 16.3. The summed E-state index contributed by atoms with van der Waals surface area (Å²) in [5.41, 5.74) is 3.38. The van der Waals surface area contributed by atoms with E-state index in [1.54, 1.807) is 0 Å². The van der Waals surface area contributed by atoms with Crippen molar-refractivity contribution in [2.24, 2.45) is 0 Å². The number of hydrogen-bond donors (Lipinski definition) is 1. The van der Waals surface area contributed by atoms with Crippen LogP contribution in [0, 0.1) is 0 Å². The van der Waals surface area contributed by atoms with Crippen LogP contribution in [0.15, 0.2) is 35.9 Å². The van der Waals surface area contributed by atoms with E-state index in [2.05, 4.69) is 31.2 Å². The maximum Gasteiger partial charge on any atom is 0.0998 e. The second-order valence-electron chi connectivity index (χ2n) is 5.34. The molecule has 0 aliphatic heterocycles. The molecule has 1 aromatic carbocycles. The van der Waals surface area contributed by atoms with Crippen molar-refractivity contribution in [3.05, 3.63) is 47.0 Å². The third kappa shape index (κ3) is 5.61. The number of aryl methyl sites for hydroxylation is 1. The number of benzene rings is 1. The highest BCUT2D eigenvalue weighted by Crippen LogP contribution is 2.21. The Morgan fingerprint density at radius 2 is 1.74 bits per heavy atom. The van der Waals surface area contributed by atoms with Crippen molar-refractivity contribution in [3.63, 3.8) is 0 Å². The molecule has 1 nitrogen and oxygen atoms in total. The first-order valence-electron chi connectivity index (χ1n) is 7.58. The van der Waals surface area contributed by atoms with E-state index in [-0.39, 0.29) is 0 Å². The molecule has 0 aliphatic carbocycles. The third-order valence-electron chi connectivity index (χ3n) is 3.75. The lowest BCUT2D eigenvalue weighted by atomic mass is 9.99. The summed E-state index contributed by atoms with van der Waals surface area (Å²) in [4.78, 5) is 0. The van der Waals surface area contributed by atoms with Crippen molar-refractivity contribution >= 4 is 0 Å². The lowest BCUT2D eigenvalue weighted by molar-refractivity contribution is 0.215. The van der Waals surface area contributed by atoms with Crippen LogP contribution in [0.25, 0.3) is 0 Å². The van der Waals surface area contributed by atoms with Crippen LogP contribution in [-0.2, 0) is 6.42 Å². The zero-order chi connectivity index (χ0) is 14.1. The summed E-state index contributed by atoms with van der Waals surface area (Å²) in [6.45, 7) is 6.17. The predicted molar refractivity (Wildman–Crippen MR) is 83.3 cm³/mol. The summed E-state index contributed by atoms with van der Waals surface area (Å²) in [5.74, 6) is 0. The highest BCUT2D eigenvalue weighted by Gasteiger charge is 2.08. The number of hydrogen-bond acceptors (Lipinski definition) is 1. The largest absolute Gasteiger partial charge is 0.384 e. The van der Waals surface area contributed by atoms with Crippen LogP contribution in [-0.4, -0.2) is 5.11 Å². The van der Waals surface area contributed by atoms with E-state index >= 15 is 0 Å². The van der Waals surface area contributed by atoms with Gasteiger partial charge in [0.15, 0.2) is 0 Å². The molecule has 0 aromatic heterocycles. The van der Waals surface area contributed by atoms with Crippen molar-refractivity contribution in [3.8, 4) is 0 Å². The third-order valence-corrected chi connectivity index (χ3v) is 3.75. The van der Waals surface area contributed by atoms with Crippen LogP contribution < -0.4 is 0 Å². The minimum Gasteiger partial charge on any atom is -0.384 e. The monoisotopic (exact) mass is 260 g/mol. The Kier molecular flexibility index (Phi) is 7.50. The molecule has 1 heteroatoms. The molecule has 1 atom stereocenters. The lowest BCUT2D eigenvalue weighted by Crippen LogP contribution is -1.99. The Hall–Kier alpha value is -1.08. The Labute approximate surface area is 118 Å². The molecule has 1 N–H and O–H groups in total. The summed E-state index contributed by atoms with van der Waals surface area (Å²) in [6.07, 6.45) is 9.28. The molecule has 0 aliphatic rings. The average molecular weight is 260 g/mol. The van der Waals surface area contributed by atoms with E-state index < -0.39 is 6.10 Å². The number of unbranched alkanes of at least 4 members (excludes halogenated alkanes) is 4. The standard InChI is InChI=1S/C18H28O/c1-4-6-7-8-9-10-16-11-13-17(14-12-16)18(19)15(3)5-2/h5,11-14,18-19H,4,6-10H2,1-3H3/b15-5+. The van der Waals surface area contributed by atoms with Crippen molar-refractivity contribution in [1.29, 1.82) is 0 Å². The maximum absolute atomic E-state index is 10.1. The zero-order valence-corrected chi connectivity index (χ0v) is 12.7. The average Bonchev–Trinajstić information content (AvgIpc) is 2.46. The van der Waals surface area contributed by atoms with Crippen LogP contribution in [0.2, 0.25) is 0 Å². The minimum atomic E-state index is -0.455. The van der Waals surface area contributed by atoms with Gasteiger partial charge in [-0.3, -0.25) is 0 Å². The van der Waals surface area contributed by atoms with Crippen molar-refractivity contribution in [1.82, 2.24) is 0 Å². The van der Waals surface area contributed by atoms with Crippen LogP contribution in [0.1, 0.15) is 70.1 Å². The van der Waals surface area contributed by atoms with E-state index in [1.165, 1.54) is 37.7 Å². The van der Waals surface area contributed by atoms with Crippen LogP contribution in [0.3, 0.4) is 0 Å². The summed E-state index contributed by atoms with van der Waals surface area (Å²) in [7, 11) is 0. The lowest BCUT2D eigenvalue weighted by Gasteiger charge is -2.12. The molecule has 0 saturated carbocycles. The molecular weight excluding hydrogens is 232 g/mol. The highest BCUT2D eigenvalue weighted by molar-refractivity contribution is 5.28. The molecule has 0 heterocycles. The van der Waals surface area contributed by atoms with Crippen LogP contribution >= 0.6 is 0 Å². The zero-order valence-electron chi connectivity index (χ0n) is 12.7. The summed E-state index contributed by atoms with van der Waals surface area (Å²) < 4.78 is 0. The molecule has 106 valence electrons. The molecule has 0 amide bonds. The van der Waals surface area contributed by atoms with Gasteiger partial charge in [0.25, 0.3) is 0 Å². The topological polar surface area (TPSA) is 20.2 Å². The molecule has 0 spiro atoms. The number of rotatable bonds is 8. The molecule has 0 saturated heterocycles. The normalized spacial score (nSPS) is 13.6. The van der Waals surface area contributed by atoms with E-state index in [4.69, 9.17) is 0 Å². The van der Waals surface area contributed by atoms with Crippen LogP contribution in [0.4, 0.5) is 0 Å². The van der Waals surface area contributed by atoms with Gasteiger partial charge in [0.05, 0.1) is 6.10 Å². The summed E-state index contributed by atoms with van der Waals surface area (Å²) >= 11 is 0. The second-order valence-corrected chi connectivity index (χ2v) is 5.34. The van der Waals surface area contributed by atoms with Gasteiger partial charge in [-0.15, -0.1) is 0 Å². The van der Waals surface area contributed by atoms with Gasteiger partial charge in [0, 0.05) is 0 Å². The summed E-state index contributed by atoms with van der Waals surface area (Å²) in [5, 5.41) is 10.1. The fraction of sp³-hybridized carbons (Fsp3) is 0.556. The first kappa shape index (κ1) is 16.0. The first-order chi connectivity index (χ1) is 9.19. The predicted octanol–water partition coefficient (Wildman–Crippen LogP) is 5.20. The maximum atomic E-state index is 10.1. The quantitative estimate of drug-likeness (QED) is 0.503. The van der Waals surface area contributed by atoms with E-state index in [0.717, 1.165) is 17.6 Å². The summed E-state index contributed by atoms with van der Waals surface area (Å²) in [6, 6.07) is 8.42. The van der Waals surface area contributed by atoms with Gasteiger partial charge in [-0.25, -0.2) is 0 Å². The Bertz CT molecular complexity index is 375. The molecular formula is C18H28O. The molecule has 0 bridgehead atoms. The van der Waals surface area contributed by atoms with Gasteiger partial charge in [-0.2, -0.15) is 0 Å². The Morgan fingerprint density at radius 3 is 2.32 bits per heavy atom. The van der Waals surface area contributed by atoms with E-state index in [0.29, 0.717) is 0 Å². The van der Waals surface area contributed by atoms with Gasteiger partial charge in [0.2, 0.25) is 0 Å². The van der Waals surface area contributed by atoms with Crippen molar-refractivity contribution in [2.75, 3.05) is 0 Å². The molecule has 1 rings (SSSR count). The fourth-order valence-electron chi connectivity index (χ4n) is 2.22.